The van der Waals surface area contributed by atoms with Crippen LogP contribution >= 0.6 is 0 Å². The first kappa shape index (κ1) is 17.1. The van der Waals surface area contributed by atoms with Crippen LogP contribution in [0.4, 0.5) is 0 Å². The molecule has 0 saturated heterocycles. The number of ether oxygens (including phenoxy) is 1. The minimum absolute atomic E-state index is 0.462. The van der Waals surface area contributed by atoms with Gasteiger partial charge in [-0.2, -0.15) is 0 Å². The smallest absolute Gasteiger partial charge is 0.0964 e. The summed E-state index contributed by atoms with van der Waals surface area (Å²) in [5.74, 6) is 0. The number of hydrogen-bond acceptors (Lipinski definition) is 5. The average molecular weight is 283 g/mol. The quantitative estimate of drug-likeness (QED) is 0.617. The lowest BCUT2D eigenvalue weighted by Crippen LogP contribution is -2.27. The van der Waals surface area contributed by atoms with E-state index in [1.807, 2.05) is 10.9 Å². The Morgan fingerprint density at radius 2 is 2.05 bits per heavy atom. The van der Waals surface area contributed by atoms with Crippen LogP contribution in [0.5, 0.6) is 0 Å². The predicted molar refractivity (Wildman–Crippen MR) is 80.6 cm³/mol. The summed E-state index contributed by atoms with van der Waals surface area (Å²) < 4.78 is 7.48. The fourth-order valence-corrected chi connectivity index (χ4v) is 1.83. The second-order valence-electron chi connectivity index (χ2n) is 5.15. The molecule has 6 nitrogen and oxygen atoms in total. The van der Waals surface area contributed by atoms with Gasteiger partial charge in [0.2, 0.25) is 0 Å². The molecular weight excluding hydrogens is 254 g/mol. The summed E-state index contributed by atoms with van der Waals surface area (Å²) in [5, 5.41) is 11.5. The van der Waals surface area contributed by atoms with E-state index >= 15 is 0 Å². The van der Waals surface area contributed by atoms with Crippen molar-refractivity contribution in [2.24, 2.45) is 0 Å². The monoisotopic (exact) mass is 283 g/mol. The molecule has 0 saturated carbocycles. The van der Waals surface area contributed by atoms with Gasteiger partial charge in [0.25, 0.3) is 0 Å². The zero-order valence-electron chi connectivity index (χ0n) is 13.3. The van der Waals surface area contributed by atoms with E-state index in [9.17, 15) is 0 Å². The molecule has 0 bridgehead atoms. The number of nitrogens with one attached hydrogen (secondary N) is 1. The van der Waals surface area contributed by atoms with Gasteiger partial charge in [-0.15, -0.1) is 5.10 Å². The zero-order valence-corrected chi connectivity index (χ0v) is 13.3. The van der Waals surface area contributed by atoms with E-state index in [4.69, 9.17) is 4.74 Å². The molecule has 0 radical (unpaired) electrons. The van der Waals surface area contributed by atoms with Gasteiger partial charge in [-0.1, -0.05) is 32.9 Å². The summed E-state index contributed by atoms with van der Waals surface area (Å²) in [5.41, 5.74) is 0.974. The number of nitrogens with zero attached hydrogens (tertiary/aromatic N) is 4. The van der Waals surface area contributed by atoms with Crippen LogP contribution in [0.15, 0.2) is 6.20 Å². The molecule has 0 fully saturated rings. The van der Waals surface area contributed by atoms with Crippen molar-refractivity contribution >= 4 is 0 Å². The summed E-state index contributed by atoms with van der Waals surface area (Å²) in [6.45, 7) is 14.7. The fraction of sp³-hybridized carbons (Fsp3) is 0.857. The maximum atomic E-state index is 5.63. The Morgan fingerprint density at radius 3 is 2.70 bits per heavy atom. The molecule has 6 heteroatoms. The Balaban J connectivity index is 2.13. The van der Waals surface area contributed by atoms with E-state index in [0.29, 0.717) is 12.6 Å². The Bertz CT molecular complexity index is 349. The maximum absolute atomic E-state index is 5.63. The van der Waals surface area contributed by atoms with Gasteiger partial charge >= 0.3 is 0 Å². The van der Waals surface area contributed by atoms with Crippen LogP contribution in [0, 0.1) is 0 Å². The summed E-state index contributed by atoms with van der Waals surface area (Å²) in [6, 6.07) is 0.462. The van der Waals surface area contributed by atoms with Crippen molar-refractivity contribution in [1.29, 1.82) is 0 Å². The van der Waals surface area contributed by atoms with Crippen molar-refractivity contribution in [2.75, 3.05) is 32.8 Å². The first-order valence-electron chi connectivity index (χ1n) is 7.58. The molecule has 1 heterocycles. The van der Waals surface area contributed by atoms with Crippen molar-refractivity contribution in [1.82, 2.24) is 25.2 Å². The third-order valence-electron chi connectivity index (χ3n) is 3.19. The van der Waals surface area contributed by atoms with Crippen LogP contribution in [0.25, 0.3) is 0 Å². The van der Waals surface area contributed by atoms with Gasteiger partial charge in [0.1, 0.15) is 0 Å². The van der Waals surface area contributed by atoms with Crippen LogP contribution in [0.3, 0.4) is 0 Å². The summed E-state index contributed by atoms with van der Waals surface area (Å²) in [7, 11) is 0. The average Bonchev–Trinajstić information content (AvgIpc) is 2.88. The molecule has 1 N–H and O–H groups in total. The Morgan fingerprint density at radius 1 is 1.30 bits per heavy atom. The fourth-order valence-electron chi connectivity index (χ4n) is 1.83. The molecule has 1 rings (SSSR count). The van der Waals surface area contributed by atoms with E-state index in [-0.39, 0.29) is 0 Å². The standard InChI is InChI=1S/C14H29N5O/c1-5-18(6-2)7-9-20-10-8-19-12-14(16-17-19)11-15-13(3)4/h12-13,15H,5-11H2,1-4H3. The molecule has 0 aliphatic carbocycles. The molecule has 0 amide bonds. The molecule has 116 valence electrons. The van der Waals surface area contributed by atoms with Crippen LogP contribution in [0.2, 0.25) is 0 Å². The van der Waals surface area contributed by atoms with Gasteiger partial charge in [0, 0.05) is 25.3 Å². The molecule has 1 aromatic rings. The van der Waals surface area contributed by atoms with Gasteiger partial charge in [0.15, 0.2) is 0 Å². The number of aromatic nitrogens is 3. The molecular formula is C14H29N5O. The summed E-state index contributed by atoms with van der Waals surface area (Å²) >= 11 is 0. The third-order valence-corrected chi connectivity index (χ3v) is 3.19. The predicted octanol–water partition coefficient (Wildman–Crippen LogP) is 1.13. The van der Waals surface area contributed by atoms with Crippen molar-refractivity contribution in [2.45, 2.75) is 46.8 Å². The molecule has 20 heavy (non-hydrogen) atoms. The van der Waals surface area contributed by atoms with E-state index in [1.165, 1.54) is 0 Å². The molecule has 0 unspecified atom stereocenters. The summed E-state index contributed by atoms with van der Waals surface area (Å²) in [4.78, 5) is 2.35. The minimum Gasteiger partial charge on any atom is -0.378 e. The largest absolute Gasteiger partial charge is 0.378 e. The van der Waals surface area contributed by atoms with Gasteiger partial charge in [-0.25, -0.2) is 4.68 Å². The van der Waals surface area contributed by atoms with E-state index in [1.54, 1.807) is 0 Å². The highest BCUT2D eigenvalue weighted by molar-refractivity contribution is 4.91. The Kier molecular flexibility index (Phi) is 8.41. The van der Waals surface area contributed by atoms with Crippen LogP contribution in [-0.4, -0.2) is 58.8 Å². The topological polar surface area (TPSA) is 55.2 Å². The number of hydrogen-bond donors (Lipinski definition) is 1. The Hall–Kier alpha value is -0.980. The highest BCUT2D eigenvalue weighted by Crippen LogP contribution is 1.94. The van der Waals surface area contributed by atoms with Crippen molar-refractivity contribution in [3.63, 3.8) is 0 Å². The lowest BCUT2D eigenvalue weighted by molar-refractivity contribution is 0.0988. The lowest BCUT2D eigenvalue weighted by atomic mass is 10.3. The first-order chi connectivity index (χ1) is 9.65. The Labute approximate surface area is 122 Å². The zero-order chi connectivity index (χ0) is 14.8. The summed E-state index contributed by atoms with van der Waals surface area (Å²) in [6.07, 6.45) is 1.98. The van der Waals surface area contributed by atoms with Gasteiger partial charge < -0.3 is 15.0 Å². The van der Waals surface area contributed by atoms with Crippen LogP contribution in [0.1, 0.15) is 33.4 Å². The lowest BCUT2D eigenvalue weighted by Gasteiger charge is -2.17. The van der Waals surface area contributed by atoms with Crippen molar-refractivity contribution in [3.8, 4) is 0 Å². The van der Waals surface area contributed by atoms with E-state index in [2.05, 4.69) is 48.2 Å². The molecule has 0 atom stereocenters. The number of likely N-dealkylation sites (N-methyl/N-ethyl adjacent to an activating group) is 1. The minimum atomic E-state index is 0.462. The number of rotatable bonds is 11. The second kappa shape index (κ2) is 9.85. The van der Waals surface area contributed by atoms with Crippen LogP contribution in [-0.2, 0) is 17.8 Å². The highest BCUT2D eigenvalue weighted by atomic mass is 16.5. The van der Waals surface area contributed by atoms with E-state index in [0.717, 1.165) is 45.0 Å². The molecule has 0 aliphatic rings. The maximum Gasteiger partial charge on any atom is 0.0964 e. The SMILES string of the molecule is CCN(CC)CCOCCn1cc(CNC(C)C)nn1. The van der Waals surface area contributed by atoms with Gasteiger partial charge in [-0.05, 0) is 13.1 Å². The van der Waals surface area contributed by atoms with Crippen molar-refractivity contribution in [3.05, 3.63) is 11.9 Å². The highest BCUT2D eigenvalue weighted by Gasteiger charge is 2.02. The first-order valence-corrected chi connectivity index (χ1v) is 7.58. The molecule has 0 spiro atoms. The van der Waals surface area contributed by atoms with Gasteiger partial charge in [-0.3, -0.25) is 0 Å². The van der Waals surface area contributed by atoms with Crippen LogP contribution < -0.4 is 5.32 Å². The van der Waals surface area contributed by atoms with Gasteiger partial charge in [0.05, 0.1) is 25.5 Å². The molecule has 0 aromatic carbocycles. The second-order valence-corrected chi connectivity index (χ2v) is 5.15. The van der Waals surface area contributed by atoms with Crippen molar-refractivity contribution < 1.29 is 4.74 Å². The molecule has 1 aromatic heterocycles. The third kappa shape index (κ3) is 6.98. The normalized spacial score (nSPS) is 11.7. The molecule has 0 aliphatic heterocycles. The van der Waals surface area contributed by atoms with E-state index < -0.39 is 0 Å².